The van der Waals surface area contributed by atoms with Crippen LogP contribution < -0.4 is 5.73 Å². The van der Waals surface area contributed by atoms with Gasteiger partial charge in [-0.15, -0.1) is 0 Å². The summed E-state index contributed by atoms with van der Waals surface area (Å²) in [5, 5.41) is 0. The monoisotopic (exact) mass is 159 g/mol. The second-order valence-electron chi connectivity index (χ2n) is 2.59. The normalized spacial score (nSPS) is 15.9. The molecule has 0 aromatic rings. The summed E-state index contributed by atoms with van der Waals surface area (Å²) < 4.78 is 5.31. The van der Waals surface area contributed by atoms with Gasteiger partial charge in [-0.2, -0.15) is 0 Å². The van der Waals surface area contributed by atoms with Crippen molar-refractivity contribution in [1.29, 1.82) is 0 Å². The third-order valence-corrected chi connectivity index (χ3v) is 1.79. The van der Waals surface area contributed by atoms with E-state index in [2.05, 4.69) is 0 Å². The number of nitrogens with two attached hydrogens (primary N) is 1. The fraction of sp³-hybridized carbons (Fsp3) is 0.875. The third-order valence-electron chi connectivity index (χ3n) is 1.79. The molecular formula is C8H17NO2. The van der Waals surface area contributed by atoms with E-state index in [1.165, 1.54) is 0 Å². The van der Waals surface area contributed by atoms with Crippen molar-refractivity contribution in [3.63, 3.8) is 0 Å². The molecule has 0 aliphatic rings. The number of hydrogen-bond acceptors (Lipinski definition) is 2. The Morgan fingerprint density at radius 2 is 2.09 bits per heavy atom. The molecule has 66 valence electrons. The van der Waals surface area contributed by atoms with E-state index in [9.17, 15) is 4.79 Å². The Hall–Kier alpha value is -0.570. The van der Waals surface area contributed by atoms with Crippen molar-refractivity contribution in [2.75, 3.05) is 6.61 Å². The Morgan fingerprint density at radius 1 is 1.55 bits per heavy atom. The van der Waals surface area contributed by atoms with Gasteiger partial charge in [0, 0.05) is 6.61 Å². The molecule has 0 fully saturated rings. The Morgan fingerprint density at radius 3 is 2.36 bits per heavy atom. The van der Waals surface area contributed by atoms with Crippen LogP contribution in [0.4, 0.5) is 0 Å². The van der Waals surface area contributed by atoms with E-state index in [0.29, 0.717) is 6.61 Å². The highest BCUT2D eigenvalue weighted by Gasteiger charge is 2.19. The molecule has 2 atom stereocenters. The Kier molecular flexibility index (Phi) is 4.86. The van der Waals surface area contributed by atoms with Gasteiger partial charge in [0.25, 0.3) is 0 Å². The van der Waals surface area contributed by atoms with Crippen LogP contribution in [0.3, 0.4) is 0 Å². The van der Waals surface area contributed by atoms with Crippen LogP contribution in [-0.4, -0.2) is 18.6 Å². The first kappa shape index (κ1) is 10.4. The maximum absolute atomic E-state index is 10.7. The van der Waals surface area contributed by atoms with Crippen molar-refractivity contribution < 1.29 is 9.53 Å². The van der Waals surface area contributed by atoms with Crippen LogP contribution in [0, 0.1) is 5.92 Å². The van der Waals surface area contributed by atoms with E-state index < -0.39 is 0 Å². The van der Waals surface area contributed by atoms with Crippen LogP contribution in [0.2, 0.25) is 0 Å². The lowest BCUT2D eigenvalue weighted by atomic mass is 10.0. The summed E-state index contributed by atoms with van der Waals surface area (Å²) in [5.41, 5.74) is 5.12. The van der Waals surface area contributed by atoms with E-state index in [-0.39, 0.29) is 17.9 Å². The van der Waals surface area contributed by atoms with Crippen LogP contribution >= 0.6 is 0 Å². The Bertz CT molecular complexity index is 125. The molecule has 0 spiro atoms. The van der Waals surface area contributed by atoms with Gasteiger partial charge in [-0.05, 0) is 13.3 Å². The summed E-state index contributed by atoms with van der Waals surface area (Å²) in [6.07, 6.45) is 0.815. The number of primary amides is 1. The minimum Gasteiger partial charge on any atom is -0.378 e. The molecular weight excluding hydrogens is 142 g/mol. The average Bonchev–Trinajstić information content (AvgIpc) is 1.98. The number of carbonyl (C=O) groups is 1. The molecule has 3 heteroatoms. The molecule has 0 radical (unpaired) electrons. The van der Waals surface area contributed by atoms with Crippen molar-refractivity contribution in [1.82, 2.24) is 0 Å². The maximum Gasteiger partial charge on any atom is 0.222 e. The summed E-state index contributed by atoms with van der Waals surface area (Å²) in [6.45, 7) is 6.33. The summed E-state index contributed by atoms with van der Waals surface area (Å²) in [6, 6.07) is 0. The van der Waals surface area contributed by atoms with E-state index in [1.54, 1.807) is 6.92 Å². The molecule has 1 amide bonds. The predicted molar refractivity (Wildman–Crippen MR) is 44.1 cm³/mol. The van der Waals surface area contributed by atoms with E-state index in [0.717, 1.165) is 6.42 Å². The fourth-order valence-electron chi connectivity index (χ4n) is 1.01. The van der Waals surface area contributed by atoms with Gasteiger partial charge in [-0.25, -0.2) is 0 Å². The molecule has 2 unspecified atom stereocenters. The summed E-state index contributed by atoms with van der Waals surface area (Å²) in [7, 11) is 0. The molecule has 0 heterocycles. The van der Waals surface area contributed by atoms with Crippen molar-refractivity contribution in [3.8, 4) is 0 Å². The van der Waals surface area contributed by atoms with Crippen molar-refractivity contribution in [2.24, 2.45) is 11.7 Å². The molecule has 0 saturated carbocycles. The summed E-state index contributed by atoms with van der Waals surface area (Å²) in [5.74, 6) is -0.467. The van der Waals surface area contributed by atoms with Crippen LogP contribution in [-0.2, 0) is 9.53 Å². The standard InChI is InChI=1S/C8H17NO2/c1-4-7(11-5-2)6(3)8(9)10/h6-7H,4-5H2,1-3H3,(H2,9,10). The maximum atomic E-state index is 10.7. The summed E-state index contributed by atoms with van der Waals surface area (Å²) in [4.78, 5) is 10.7. The fourth-order valence-corrected chi connectivity index (χ4v) is 1.01. The zero-order chi connectivity index (χ0) is 8.85. The predicted octanol–water partition coefficient (Wildman–Crippen LogP) is 0.923. The number of amides is 1. The van der Waals surface area contributed by atoms with Gasteiger partial charge >= 0.3 is 0 Å². The van der Waals surface area contributed by atoms with Gasteiger partial charge in [-0.1, -0.05) is 13.8 Å². The van der Waals surface area contributed by atoms with Gasteiger partial charge < -0.3 is 10.5 Å². The molecule has 0 rings (SSSR count). The molecule has 11 heavy (non-hydrogen) atoms. The molecule has 0 aromatic carbocycles. The number of carbonyl (C=O) groups excluding carboxylic acids is 1. The first-order chi connectivity index (χ1) is 5.13. The van der Waals surface area contributed by atoms with E-state index >= 15 is 0 Å². The minimum absolute atomic E-state index is 0.0162. The quantitative estimate of drug-likeness (QED) is 0.648. The zero-order valence-corrected chi connectivity index (χ0v) is 7.46. The highest BCUT2D eigenvalue weighted by Crippen LogP contribution is 2.10. The van der Waals surface area contributed by atoms with E-state index in [4.69, 9.17) is 10.5 Å². The first-order valence-electron chi connectivity index (χ1n) is 4.04. The van der Waals surface area contributed by atoms with Gasteiger partial charge in [0.15, 0.2) is 0 Å². The molecule has 3 nitrogen and oxygen atoms in total. The van der Waals surface area contributed by atoms with Crippen LogP contribution in [0.15, 0.2) is 0 Å². The second-order valence-corrected chi connectivity index (χ2v) is 2.59. The number of hydrogen-bond donors (Lipinski definition) is 1. The van der Waals surface area contributed by atoms with Crippen molar-refractivity contribution >= 4 is 5.91 Å². The molecule has 0 aliphatic carbocycles. The molecule has 0 aromatic heterocycles. The van der Waals surface area contributed by atoms with Gasteiger partial charge in [0.2, 0.25) is 5.91 Å². The summed E-state index contributed by atoms with van der Waals surface area (Å²) >= 11 is 0. The number of rotatable bonds is 5. The highest BCUT2D eigenvalue weighted by molar-refractivity contribution is 5.76. The van der Waals surface area contributed by atoms with Crippen LogP contribution in [0.5, 0.6) is 0 Å². The topological polar surface area (TPSA) is 52.3 Å². The number of ether oxygens (including phenoxy) is 1. The third kappa shape index (κ3) is 3.37. The zero-order valence-electron chi connectivity index (χ0n) is 7.46. The Balaban J connectivity index is 3.91. The lowest BCUT2D eigenvalue weighted by Gasteiger charge is -2.19. The first-order valence-corrected chi connectivity index (χ1v) is 4.04. The molecule has 0 saturated heterocycles. The lowest BCUT2D eigenvalue weighted by molar-refractivity contribution is -0.126. The smallest absolute Gasteiger partial charge is 0.222 e. The second kappa shape index (κ2) is 5.13. The average molecular weight is 159 g/mol. The molecule has 2 N–H and O–H groups in total. The van der Waals surface area contributed by atoms with E-state index in [1.807, 2.05) is 13.8 Å². The minimum atomic E-state index is -0.287. The lowest BCUT2D eigenvalue weighted by Crippen LogP contribution is -2.32. The molecule has 0 bridgehead atoms. The van der Waals surface area contributed by atoms with Crippen LogP contribution in [0.1, 0.15) is 27.2 Å². The SMILES string of the molecule is CCOC(CC)C(C)C(N)=O. The molecule has 0 aliphatic heterocycles. The highest BCUT2D eigenvalue weighted by atomic mass is 16.5. The van der Waals surface area contributed by atoms with Crippen molar-refractivity contribution in [2.45, 2.75) is 33.3 Å². The Labute approximate surface area is 67.9 Å². The van der Waals surface area contributed by atoms with Gasteiger partial charge in [0.1, 0.15) is 0 Å². The van der Waals surface area contributed by atoms with Gasteiger partial charge in [-0.3, -0.25) is 4.79 Å². The largest absolute Gasteiger partial charge is 0.378 e. The van der Waals surface area contributed by atoms with Crippen molar-refractivity contribution in [3.05, 3.63) is 0 Å². The van der Waals surface area contributed by atoms with Crippen LogP contribution in [0.25, 0.3) is 0 Å². The van der Waals surface area contributed by atoms with Gasteiger partial charge in [0.05, 0.1) is 12.0 Å².